The fraction of sp³-hybridized carbons (Fsp3) is 0.222. The van der Waals surface area contributed by atoms with Crippen molar-refractivity contribution in [1.82, 2.24) is 9.62 Å². The van der Waals surface area contributed by atoms with Crippen LogP contribution in [-0.2, 0) is 26.0 Å². The SMILES string of the molecule is O=C(O)c1ccccc1-c1ccc(C[C@H](NC(=O)[C@@H]2CCCN2S(=O)(=O)c2cc(Cl)cc(Cl)c2)C(=O)O)cc1. The number of carbonyl (C=O) groups is 3. The molecule has 12 heteroatoms. The summed E-state index contributed by atoms with van der Waals surface area (Å²) in [5.74, 6) is -3.06. The lowest BCUT2D eigenvalue weighted by atomic mass is 9.97. The van der Waals surface area contributed by atoms with Crippen molar-refractivity contribution in [1.29, 1.82) is 0 Å². The standard InChI is InChI=1S/C27H24Cl2N2O7S/c28-18-13-19(29)15-20(14-18)39(37,38)31-11-3-6-24(31)25(32)30-23(27(35)36)12-16-7-9-17(10-8-16)21-4-1-2-5-22(21)26(33)34/h1-2,4-5,7-10,13-15,23-24H,3,6,11-12H2,(H,30,32)(H,33,34)(H,35,36)/t23-,24-/m0/s1. The van der Waals surface area contributed by atoms with E-state index in [2.05, 4.69) is 5.32 Å². The van der Waals surface area contributed by atoms with E-state index in [0.29, 0.717) is 23.1 Å². The number of carboxylic acid groups (broad SMARTS) is 2. The summed E-state index contributed by atoms with van der Waals surface area (Å²) in [5.41, 5.74) is 1.88. The number of halogens is 2. The average Bonchev–Trinajstić information content (AvgIpc) is 3.39. The van der Waals surface area contributed by atoms with Gasteiger partial charge in [0.05, 0.1) is 10.5 Å². The molecule has 0 spiro atoms. The molecule has 0 saturated carbocycles. The number of carbonyl (C=O) groups excluding carboxylic acids is 1. The second-order valence-electron chi connectivity index (χ2n) is 9.03. The molecule has 3 aromatic carbocycles. The number of aliphatic carboxylic acids is 1. The van der Waals surface area contributed by atoms with Crippen molar-refractivity contribution in [2.45, 2.75) is 36.2 Å². The molecule has 1 fully saturated rings. The molecule has 204 valence electrons. The predicted octanol–water partition coefficient (Wildman–Crippen LogP) is 4.32. The second-order valence-corrected chi connectivity index (χ2v) is 11.8. The average molecular weight is 591 g/mol. The van der Waals surface area contributed by atoms with Gasteiger partial charge in [-0.1, -0.05) is 65.7 Å². The van der Waals surface area contributed by atoms with Crippen LogP contribution in [0.5, 0.6) is 0 Å². The van der Waals surface area contributed by atoms with Crippen molar-refractivity contribution in [3.05, 3.63) is 87.9 Å². The Hall–Kier alpha value is -3.44. The Kier molecular flexibility index (Phi) is 8.60. The molecule has 1 aliphatic rings. The number of carboxylic acids is 2. The summed E-state index contributed by atoms with van der Waals surface area (Å²) in [7, 11) is -4.12. The van der Waals surface area contributed by atoms with Crippen LogP contribution in [0.25, 0.3) is 11.1 Å². The van der Waals surface area contributed by atoms with Crippen LogP contribution in [0.1, 0.15) is 28.8 Å². The number of aromatic carboxylic acids is 1. The lowest BCUT2D eigenvalue weighted by Crippen LogP contribution is -2.51. The predicted molar refractivity (Wildman–Crippen MR) is 145 cm³/mol. The molecule has 0 aliphatic carbocycles. The first-order valence-corrected chi connectivity index (χ1v) is 14.1. The first-order chi connectivity index (χ1) is 18.5. The minimum atomic E-state index is -4.12. The Morgan fingerprint density at radius 1 is 0.974 bits per heavy atom. The molecule has 1 amide bonds. The number of hydrogen-bond acceptors (Lipinski definition) is 5. The number of nitrogens with zero attached hydrogens (tertiary/aromatic N) is 1. The molecule has 0 unspecified atom stereocenters. The molecule has 3 N–H and O–H groups in total. The van der Waals surface area contributed by atoms with Gasteiger partial charge in [0.25, 0.3) is 0 Å². The van der Waals surface area contributed by atoms with Crippen LogP contribution in [0.2, 0.25) is 10.0 Å². The van der Waals surface area contributed by atoms with Crippen molar-refractivity contribution >= 4 is 51.1 Å². The van der Waals surface area contributed by atoms with Crippen molar-refractivity contribution in [3.8, 4) is 11.1 Å². The van der Waals surface area contributed by atoms with E-state index in [1.165, 1.54) is 24.3 Å². The van der Waals surface area contributed by atoms with Gasteiger partial charge in [-0.05, 0) is 53.8 Å². The topological polar surface area (TPSA) is 141 Å². The maximum absolute atomic E-state index is 13.3. The van der Waals surface area contributed by atoms with E-state index in [9.17, 15) is 33.0 Å². The first-order valence-electron chi connectivity index (χ1n) is 11.9. The number of rotatable bonds is 9. The van der Waals surface area contributed by atoms with E-state index in [4.69, 9.17) is 23.2 Å². The monoisotopic (exact) mass is 590 g/mol. The molecule has 1 heterocycles. The lowest BCUT2D eigenvalue weighted by molar-refractivity contribution is -0.142. The Bertz CT molecular complexity index is 1510. The van der Waals surface area contributed by atoms with Crippen molar-refractivity contribution in [2.75, 3.05) is 6.54 Å². The lowest BCUT2D eigenvalue weighted by Gasteiger charge is -2.25. The molecule has 1 aliphatic heterocycles. The van der Waals surface area contributed by atoms with E-state index >= 15 is 0 Å². The van der Waals surface area contributed by atoms with Gasteiger partial charge >= 0.3 is 11.9 Å². The highest BCUT2D eigenvalue weighted by atomic mass is 35.5. The van der Waals surface area contributed by atoms with Crippen LogP contribution >= 0.6 is 23.2 Å². The van der Waals surface area contributed by atoms with Crippen LogP contribution in [0.3, 0.4) is 0 Å². The quantitative estimate of drug-likeness (QED) is 0.337. The summed E-state index contributed by atoms with van der Waals surface area (Å²) in [6.45, 7) is 0.0849. The summed E-state index contributed by atoms with van der Waals surface area (Å²) in [6, 6.07) is 14.7. The van der Waals surface area contributed by atoms with E-state index in [-0.39, 0.29) is 39.9 Å². The van der Waals surface area contributed by atoms with Crippen molar-refractivity contribution in [3.63, 3.8) is 0 Å². The van der Waals surface area contributed by atoms with Gasteiger partial charge in [0.1, 0.15) is 12.1 Å². The van der Waals surface area contributed by atoms with Gasteiger partial charge in [0.15, 0.2) is 0 Å². The fourth-order valence-corrected chi connectivity index (χ4v) is 6.93. The number of hydrogen-bond donors (Lipinski definition) is 3. The summed E-state index contributed by atoms with van der Waals surface area (Å²) in [6.07, 6.45) is 0.581. The molecule has 39 heavy (non-hydrogen) atoms. The van der Waals surface area contributed by atoms with Gasteiger partial charge in [-0.25, -0.2) is 18.0 Å². The fourth-order valence-electron chi connectivity index (χ4n) is 4.55. The molecule has 3 aromatic rings. The Morgan fingerprint density at radius 2 is 1.62 bits per heavy atom. The number of sulfonamides is 1. The Labute approximate surface area is 235 Å². The first kappa shape index (κ1) is 28.6. The molecule has 0 bridgehead atoms. The normalized spacial score (nSPS) is 16.5. The molecule has 9 nitrogen and oxygen atoms in total. The summed E-state index contributed by atoms with van der Waals surface area (Å²) >= 11 is 11.9. The van der Waals surface area contributed by atoms with E-state index in [0.717, 1.165) is 4.31 Å². The van der Waals surface area contributed by atoms with Gasteiger partial charge in [0.2, 0.25) is 15.9 Å². The zero-order valence-electron chi connectivity index (χ0n) is 20.4. The molecule has 1 saturated heterocycles. The van der Waals surface area contributed by atoms with Crippen LogP contribution in [0.4, 0.5) is 0 Å². The highest BCUT2D eigenvalue weighted by Gasteiger charge is 2.40. The molecule has 0 radical (unpaired) electrons. The smallest absolute Gasteiger partial charge is 0.336 e. The molecular formula is C27H24Cl2N2O7S. The maximum Gasteiger partial charge on any atom is 0.336 e. The zero-order chi connectivity index (χ0) is 28.3. The van der Waals surface area contributed by atoms with Gasteiger partial charge in [-0.15, -0.1) is 0 Å². The van der Waals surface area contributed by atoms with Gasteiger partial charge in [-0.2, -0.15) is 4.31 Å². The van der Waals surface area contributed by atoms with E-state index in [1.54, 1.807) is 42.5 Å². The van der Waals surface area contributed by atoms with E-state index < -0.39 is 40.0 Å². The number of benzene rings is 3. The molecule has 2 atom stereocenters. The van der Waals surface area contributed by atoms with Crippen LogP contribution in [0, 0.1) is 0 Å². The van der Waals surface area contributed by atoms with E-state index in [1.807, 2.05) is 0 Å². The Morgan fingerprint density at radius 3 is 2.23 bits per heavy atom. The highest BCUT2D eigenvalue weighted by molar-refractivity contribution is 7.89. The highest BCUT2D eigenvalue weighted by Crippen LogP contribution is 2.30. The third kappa shape index (κ3) is 6.42. The largest absolute Gasteiger partial charge is 0.480 e. The van der Waals surface area contributed by atoms with Gasteiger partial charge < -0.3 is 15.5 Å². The second kappa shape index (κ2) is 11.7. The molecule has 4 rings (SSSR count). The summed E-state index contributed by atoms with van der Waals surface area (Å²) < 4.78 is 27.5. The Balaban J connectivity index is 1.50. The van der Waals surface area contributed by atoms with Gasteiger partial charge in [0, 0.05) is 23.0 Å². The minimum Gasteiger partial charge on any atom is -0.480 e. The van der Waals surface area contributed by atoms with Crippen LogP contribution in [-0.4, -0.2) is 59.4 Å². The van der Waals surface area contributed by atoms with Crippen molar-refractivity contribution < 1.29 is 33.0 Å². The third-order valence-electron chi connectivity index (χ3n) is 6.43. The van der Waals surface area contributed by atoms with Crippen molar-refractivity contribution in [2.24, 2.45) is 0 Å². The summed E-state index contributed by atoms with van der Waals surface area (Å²) in [4.78, 5) is 36.5. The summed E-state index contributed by atoms with van der Waals surface area (Å²) in [5, 5.41) is 22.0. The molecule has 0 aromatic heterocycles. The minimum absolute atomic E-state index is 0.0642. The third-order valence-corrected chi connectivity index (χ3v) is 8.75. The van der Waals surface area contributed by atoms with Crippen LogP contribution in [0.15, 0.2) is 71.6 Å². The van der Waals surface area contributed by atoms with Gasteiger partial charge in [-0.3, -0.25) is 4.79 Å². The number of amides is 1. The number of nitrogens with one attached hydrogen (secondary N) is 1. The van der Waals surface area contributed by atoms with Crippen LogP contribution < -0.4 is 5.32 Å². The molecular weight excluding hydrogens is 567 g/mol. The maximum atomic E-state index is 13.3. The zero-order valence-corrected chi connectivity index (χ0v) is 22.7.